The third kappa shape index (κ3) is 2.06. The molecule has 0 saturated heterocycles. The predicted molar refractivity (Wildman–Crippen MR) is 64.6 cm³/mol. The van der Waals surface area contributed by atoms with Gasteiger partial charge < -0.3 is 5.11 Å². The van der Waals surface area contributed by atoms with Crippen molar-refractivity contribution in [3.63, 3.8) is 0 Å². The van der Waals surface area contributed by atoms with Gasteiger partial charge in [-0.15, -0.1) is 0 Å². The number of carbonyl (C=O) groups excluding carboxylic acids is 2. The van der Waals surface area contributed by atoms with Crippen LogP contribution < -0.4 is 0 Å². The molecule has 0 aromatic rings. The second-order valence-electron chi connectivity index (χ2n) is 5.25. The summed E-state index contributed by atoms with van der Waals surface area (Å²) in [6.45, 7) is 3.95. The second-order valence-corrected chi connectivity index (χ2v) is 5.25. The van der Waals surface area contributed by atoms with Crippen molar-refractivity contribution >= 4 is 11.6 Å². The van der Waals surface area contributed by atoms with E-state index in [1.807, 2.05) is 13.8 Å². The average molecular weight is 234 g/mol. The van der Waals surface area contributed by atoms with Crippen LogP contribution in [0.1, 0.15) is 46.0 Å². The highest BCUT2D eigenvalue weighted by Gasteiger charge is 2.35. The monoisotopic (exact) mass is 234 g/mol. The zero-order chi connectivity index (χ0) is 12.6. The summed E-state index contributed by atoms with van der Waals surface area (Å²) in [5.41, 5.74) is 1.62. The Morgan fingerprint density at radius 1 is 1.06 bits per heavy atom. The first-order valence-electron chi connectivity index (χ1n) is 6.26. The Kier molecular flexibility index (Phi) is 3.18. The molecule has 0 saturated carbocycles. The number of hydrogen-bond acceptors (Lipinski definition) is 3. The van der Waals surface area contributed by atoms with Crippen LogP contribution in [0.4, 0.5) is 0 Å². The fourth-order valence-electron chi connectivity index (χ4n) is 2.58. The zero-order valence-corrected chi connectivity index (χ0v) is 10.4. The molecule has 3 heteroatoms. The minimum Gasteiger partial charge on any atom is -0.507 e. The molecular formula is C14H18O3. The third-order valence-electron chi connectivity index (χ3n) is 3.41. The highest BCUT2D eigenvalue weighted by molar-refractivity contribution is 6.50. The average Bonchev–Trinajstić information content (AvgIpc) is 2.31. The smallest absolute Gasteiger partial charge is 0.232 e. The molecule has 0 aromatic carbocycles. The van der Waals surface area contributed by atoms with Gasteiger partial charge in [0.15, 0.2) is 0 Å². The Labute approximate surface area is 101 Å². The largest absolute Gasteiger partial charge is 0.507 e. The molecule has 2 aliphatic carbocycles. The molecule has 0 spiro atoms. The van der Waals surface area contributed by atoms with Crippen LogP contribution >= 0.6 is 0 Å². The minimum atomic E-state index is -0.489. The summed E-state index contributed by atoms with van der Waals surface area (Å²) in [7, 11) is 0. The van der Waals surface area contributed by atoms with Crippen LogP contribution in [0.2, 0.25) is 0 Å². The number of carbonyl (C=O) groups is 2. The van der Waals surface area contributed by atoms with E-state index in [9.17, 15) is 14.7 Å². The van der Waals surface area contributed by atoms with E-state index in [-0.39, 0.29) is 17.5 Å². The van der Waals surface area contributed by atoms with Gasteiger partial charge in [0.25, 0.3) is 0 Å². The molecule has 2 aliphatic rings. The number of hydrogen-bond donors (Lipinski definition) is 1. The van der Waals surface area contributed by atoms with Gasteiger partial charge in [-0.3, -0.25) is 9.59 Å². The standard InChI is InChI=1S/C14H18O3/c1-8(2)7-11-12(15)9-5-3-4-6-10(9)13(16)14(11)17/h8,15H,3-7H2,1-2H3. The number of aliphatic hydroxyl groups is 1. The number of Topliss-reactive ketones (excluding diaryl/α,β-unsaturated/α-hetero) is 2. The molecule has 0 fully saturated rings. The fourth-order valence-corrected chi connectivity index (χ4v) is 2.58. The fraction of sp³-hybridized carbons (Fsp3) is 0.571. The van der Waals surface area contributed by atoms with Crippen LogP contribution in [-0.2, 0) is 9.59 Å². The molecule has 0 heterocycles. The lowest BCUT2D eigenvalue weighted by atomic mass is 9.79. The summed E-state index contributed by atoms with van der Waals surface area (Å²) in [4.78, 5) is 23.9. The van der Waals surface area contributed by atoms with Crippen molar-refractivity contribution in [1.82, 2.24) is 0 Å². The van der Waals surface area contributed by atoms with E-state index in [0.29, 0.717) is 24.0 Å². The maximum Gasteiger partial charge on any atom is 0.232 e. The van der Waals surface area contributed by atoms with Crippen LogP contribution in [0.15, 0.2) is 22.5 Å². The normalized spacial score (nSPS) is 21.4. The highest BCUT2D eigenvalue weighted by atomic mass is 16.3. The molecule has 2 rings (SSSR count). The summed E-state index contributed by atoms with van der Waals surface area (Å²) in [5.74, 6) is -0.516. The lowest BCUT2D eigenvalue weighted by molar-refractivity contribution is -0.132. The van der Waals surface area contributed by atoms with E-state index in [0.717, 1.165) is 24.8 Å². The Morgan fingerprint density at radius 3 is 2.24 bits per heavy atom. The first-order valence-corrected chi connectivity index (χ1v) is 6.26. The van der Waals surface area contributed by atoms with E-state index in [1.165, 1.54) is 0 Å². The summed E-state index contributed by atoms with van der Waals surface area (Å²) >= 11 is 0. The van der Waals surface area contributed by atoms with Crippen LogP contribution in [0.3, 0.4) is 0 Å². The van der Waals surface area contributed by atoms with Crippen molar-refractivity contribution in [3.8, 4) is 0 Å². The third-order valence-corrected chi connectivity index (χ3v) is 3.41. The van der Waals surface area contributed by atoms with Gasteiger partial charge in [-0.1, -0.05) is 13.8 Å². The first-order chi connectivity index (χ1) is 8.02. The van der Waals surface area contributed by atoms with Crippen molar-refractivity contribution in [2.24, 2.45) is 5.92 Å². The van der Waals surface area contributed by atoms with Crippen molar-refractivity contribution < 1.29 is 14.7 Å². The van der Waals surface area contributed by atoms with Gasteiger partial charge in [-0.05, 0) is 38.0 Å². The number of rotatable bonds is 2. The summed E-state index contributed by atoms with van der Waals surface area (Å²) in [5, 5.41) is 10.1. The Morgan fingerprint density at radius 2 is 1.65 bits per heavy atom. The van der Waals surface area contributed by atoms with Gasteiger partial charge in [0.05, 0.1) is 0 Å². The van der Waals surface area contributed by atoms with Gasteiger partial charge in [0.2, 0.25) is 11.6 Å². The van der Waals surface area contributed by atoms with Crippen LogP contribution in [-0.4, -0.2) is 16.7 Å². The van der Waals surface area contributed by atoms with Crippen molar-refractivity contribution in [1.29, 1.82) is 0 Å². The molecule has 0 aromatic heterocycles. The molecule has 17 heavy (non-hydrogen) atoms. The van der Waals surface area contributed by atoms with Crippen LogP contribution in [0, 0.1) is 5.92 Å². The molecule has 3 nitrogen and oxygen atoms in total. The zero-order valence-electron chi connectivity index (χ0n) is 10.4. The summed E-state index contributed by atoms with van der Waals surface area (Å²) in [6, 6.07) is 0. The molecule has 0 atom stereocenters. The molecule has 1 N–H and O–H groups in total. The van der Waals surface area contributed by atoms with Crippen LogP contribution in [0.5, 0.6) is 0 Å². The Hall–Kier alpha value is -1.38. The molecular weight excluding hydrogens is 216 g/mol. The predicted octanol–water partition coefficient (Wildman–Crippen LogP) is 2.87. The first kappa shape index (κ1) is 12.1. The molecule has 0 amide bonds. The van der Waals surface area contributed by atoms with Gasteiger partial charge in [-0.25, -0.2) is 0 Å². The van der Waals surface area contributed by atoms with Gasteiger partial charge in [-0.2, -0.15) is 0 Å². The van der Waals surface area contributed by atoms with E-state index in [2.05, 4.69) is 0 Å². The Balaban J connectivity index is 2.46. The van der Waals surface area contributed by atoms with Gasteiger partial charge in [0.1, 0.15) is 5.76 Å². The molecule has 0 bridgehead atoms. The Bertz CT molecular complexity index is 438. The van der Waals surface area contributed by atoms with E-state index in [4.69, 9.17) is 0 Å². The maximum absolute atomic E-state index is 11.9. The van der Waals surface area contributed by atoms with E-state index in [1.54, 1.807) is 0 Å². The minimum absolute atomic E-state index is 0.0954. The van der Waals surface area contributed by atoms with Crippen molar-refractivity contribution in [2.75, 3.05) is 0 Å². The number of allylic oxidation sites excluding steroid dienone is 3. The topological polar surface area (TPSA) is 54.4 Å². The van der Waals surface area contributed by atoms with Gasteiger partial charge >= 0.3 is 0 Å². The molecule has 0 aliphatic heterocycles. The van der Waals surface area contributed by atoms with E-state index >= 15 is 0 Å². The van der Waals surface area contributed by atoms with Crippen LogP contribution in [0.25, 0.3) is 0 Å². The number of ketones is 2. The lowest BCUT2D eigenvalue weighted by Gasteiger charge is -2.25. The van der Waals surface area contributed by atoms with E-state index < -0.39 is 5.78 Å². The second kappa shape index (κ2) is 4.47. The quantitative estimate of drug-likeness (QED) is 0.590. The van der Waals surface area contributed by atoms with Crippen molar-refractivity contribution in [3.05, 3.63) is 22.5 Å². The van der Waals surface area contributed by atoms with Gasteiger partial charge in [0, 0.05) is 16.7 Å². The number of aliphatic hydroxyl groups excluding tert-OH is 1. The maximum atomic E-state index is 11.9. The molecule has 92 valence electrons. The molecule has 0 unspecified atom stereocenters. The molecule has 0 radical (unpaired) electrons. The summed E-state index contributed by atoms with van der Waals surface area (Å²) < 4.78 is 0. The highest BCUT2D eigenvalue weighted by Crippen LogP contribution is 2.36. The summed E-state index contributed by atoms with van der Waals surface area (Å²) in [6.07, 6.45) is 3.76. The lowest BCUT2D eigenvalue weighted by Crippen LogP contribution is -2.28. The SMILES string of the molecule is CC(C)CC1=C(O)C2=C(CCCC2)C(=O)C1=O. The van der Waals surface area contributed by atoms with Crippen molar-refractivity contribution in [2.45, 2.75) is 46.0 Å².